The van der Waals surface area contributed by atoms with Crippen molar-refractivity contribution >= 4 is 21.4 Å². The Kier molecular flexibility index (Phi) is 6.00. The van der Waals surface area contributed by atoms with Crippen LogP contribution in [-0.4, -0.2) is 35.7 Å². The summed E-state index contributed by atoms with van der Waals surface area (Å²) in [6.07, 6.45) is 0.919. The van der Waals surface area contributed by atoms with E-state index in [0.29, 0.717) is 12.3 Å². The summed E-state index contributed by atoms with van der Waals surface area (Å²) < 4.78 is 30.8. The first-order valence-corrected chi connectivity index (χ1v) is 8.26. The van der Waals surface area contributed by atoms with Crippen molar-refractivity contribution in [3.05, 3.63) is 18.2 Å². The summed E-state index contributed by atoms with van der Waals surface area (Å²) in [4.78, 5) is 0.159. The number of nitrogens with two attached hydrogens (primary N) is 1. The van der Waals surface area contributed by atoms with Gasteiger partial charge >= 0.3 is 0 Å². The molecule has 0 bridgehead atoms. The number of nitrogens with one attached hydrogen (secondary N) is 2. The zero-order chi connectivity index (χ0) is 16.1. The Morgan fingerprint density at radius 1 is 1.33 bits per heavy atom. The van der Waals surface area contributed by atoms with E-state index in [1.54, 1.807) is 13.2 Å². The molecule has 7 heteroatoms. The number of anilines is 2. The van der Waals surface area contributed by atoms with E-state index in [2.05, 4.69) is 23.9 Å². The molecular weight excluding hydrogens is 290 g/mol. The largest absolute Gasteiger partial charge is 0.397 e. The summed E-state index contributed by atoms with van der Waals surface area (Å²) >= 11 is 0. The first-order valence-electron chi connectivity index (χ1n) is 6.78. The Labute approximate surface area is 127 Å². The highest BCUT2D eigenvalue weighted by molar-refractivity contribution is 7.89. The smallest absolute Gasteiger partial charge is 0.240 e. The van der Waals surface area contributed by atoms with Crippen LogP contribution in [0.4, 0.5) is 11.4 Å². The van der Waals surface area contributed by atoms with Crippen molar-refractivity contribution in [2.45, 2.75) is 25.2 Å². The van der Waals surface area contributed by atoms with E-state index < -0.39 is 10.0 Å². The molecule has 6 nitrogen and oxygen atoms in total. The quantitative estimate of drug-likeness (QED) is 0.634. The molecule has 4 N–H and O–H groups in total. The molecule has 1 aromatic carbocycles. The van der Waals surface area contributed by atoms with E-state index in [1.165, 1.54) is 19.2 Å². The Bertz CT molecular complexity index is 571. The number of sulfonamides is 1. The van der Waals surface area contributed by atoms with Crippen LogP contribution in [0.2, 0.25) is 0 Å². The summed E-state index contributed by atoms with van der Waals surface area (Å²) in [6.45, 7) is 5.69. The van der Waals surface area contributed by atoms with Gasteiger partial charge in [0, 0.05) is 20.3 Å². The highest BCUT2D eigenvalue weighted by Gasteiger charge is 2.18. The second-order valence-electron chi connectivity index (χ2n) is 5.72. The molecule has 0 aliphatic heterocycles. The standard InChI is InChI=1S/C14H25N3O3S/c1-14(2,7-8-20-4)10-17-13-6-5-11(9-12(13)15)21(18,19)16-3/h5-6,9,16-17H,7-8,10,15H2,1-4H3. The lowest BCUT2D eigenvalue weighted by molar-refractivity contribution is 0.157. The van der Waals surface area contributed by atoms with Crippen molar-refractivity contribution in [3.8, 4) is 0 Å². The normalized spacial score (nSPS) is 12.4. The molecule has 0 spiro atoms. The predicted octanol–water partition coefficient (Wildman–Crippen LogP) is 1.65. The second kappa shape index (κ2) is 7.11. The van der Waals surface area contributed by atoms with Crippen LogP contribution in [0.3, 0.4) is 0 Å². The van der Waals surface area contributed by atoms with Gasteiger partial charge in [-0.15, -0.1) is 0 Å². The maximum Gasteiger partial charge on any atom is 0.240 e. The summed E-state index contributed by atoms with van der Waals surface area (Å²) in [5.74, 6) is 0. The molecule has 0 atom stereocenters. The van der Waals surface area contributed by atoms with Crippen LogP contribution in [0.1, 0.15) is 20.3 Å². The first kappa shape index (κ1) is 17.7. The lowest BCUT2D eigenvalue weighted by Gasteiger charge is -2.25. The summed E-state index contributed by atoms with van der Waals surface area (Å²) in [5, 5.41) is 3.26. The molecule has 0 aliphatic rings. The Balaban J connectivity index is 2.78. The topological polar surface area (TPSA) is 93.5 Å². The van der Waals surface area contributed by atoms with Gasteiger partial charge in [0.15, 0.2) is 0 Å². The summed E-state index contributed by atoms with van der Waals surface area (Å²) in [6, 6.07) is 4.68. The molecule has 0 saturated carbocycles. The zero-order valence-electron chi connectivity index (χ0n) is 13.1. The van der Waals surface area contributed by atoms with E-state index >= 15 is 0 Å². The third kappa shape index (κ3) is 5.18. The van der Waals surface area contributed by atoms with Crippen LogP contribution < -0.4 is 15.8 Å². The number of hydrogen-bond donors (Lipinski definition) is 3. The average molecular weight is 315 g/mol. The van der Waals surface area contributed by atoms with Crippen molar-refractivity contribution in [1.29, 1.82) is 0 Å². The Hall–Kier alpha value is -1.31. The van der Waals surface area contributed by atoms with Crippen LogP contribution in [-0.2, 0) is 14.8 Å². The first-order chi connectivity index (χ1) is 9.72. The molecule has 0 radical (unpaired) electrons. The van der Waals surface area contributed by atoms with Crippen LogP contribution in [0, 0.1) is 5.41 Å². The van der Waals surface area contributed by atoms with Gasteiger partial charge in [0.05, 0.1) is 16.3 Å². The van der Waals surface area contributed by atoms with E-state index in [9.17, 15) is 8.42 Å². The molecular formula is C14H25N3O3S. The van der Waals surface area contributed by atoms with Gasteiger partial charge in [-0.2, -0.15) is 0 Å². The minimum Gasteiger partial charge on any atom is -0.397 e. The van der Waals surface area contributed by atoms with Crippen molar-refractivity contribution in [2.75, 3.05) is 38.4 Å². The maximum absolute atomic E-state index is 11.7. The average Bonchev–Trinajstić information content (AvgIpc) is 2.43. The summed E-state index contributed by atoms with van der Waals surface area (Å²) in [7, 11) is -0.413. The van der Waals surface area contributed by atoms with Crippen LogP contribution in [0.15, 0.2) is 23.1 Å². The van der Waals surface area contributed by atoms with Crippen molar-refractivity contribution in [3.63, 3.8) is 0 Å². The number of methoxy groups -OCH3 is 1. The highest BCUT2D eigenvalue weighted by atomic mass is 32.2. The number of hydrogen-bond acceptors (Lipinski definition) is 5. The summed E-state index contributed by atoms with van der Waals surface area (Å²) in [5.41, 5.74) is 7.12. The minimum atomic E-state index is -3.47. The second-order valence-corrected chi connectivity index (χ2v) is 7.60. The Morgan fingerprint density at radius 2 is 2.00 bits per heavy atom. The van der Waals surface area contributed by atoms with Crippen molar-refractivity contribution in [1.82, 2.24) is 4.72 Å². The van der Waals surface area contributed by atoms with E-state index in [4.69, 9.17) is 10.5 Å². The van der Waals surface area contributed by atoms with Crippen molar-refractivity contribution in [2.24, 2.45) is 5.41 Å². The molecule has 21 heavy (non-hydrogen) atoms. The van der Waals surface area contributed by atoms with Gasteiger partial charge < -0.3 is 15.8 Å². The van der Waals surface area contributed by atoms with Gasteiger partial charge in [0.25, 0.3) is 0 Å². The number of rotatable bonds is 8. The van der Waals surface area contributed by atoms with Crippen LogP contribution in [0.5, 0.6) is 0 Å². The molecule has 0 aromatic heterocycles. The lowest BCUT2D eigenvalue weighted by Crippen LogP contribution is -2.25. The van der Waals surface area contributed by atoms with Gasteiger partial charge in [-0.05, 0) is 37.1 Å². The third-order valence-corrected chi connectivity index (χ3v) is 4.75. The van der Waals surface area contributed by atoms with E-state index in [1.807, 2.05) is 0 Å². The Morgan fingerprint density at radius 3 is 2.52 bits per heavy atom. The van der Waals surface area contributed by atoms with Gasteiger partial charge in [0.1, 0.15) is 0 Å². The molecule has 0 aliphatic carbocycles. The fraction of sp³-hybridized carbons (Fsp3) is 0.571. The van der Waals surface area contributed by atoms with Gasteiger partial charge in [-0.1, -0.05) is 13.8 Å². The molecule has 1 aromatic rings. The fourth-order valence-electron chi connectivity index (χ4n) is 1.79. The number of nitrogen functional groups attached to an aromatic ring is 1. The fourth-order valence-corrected chi connectivity index (χ4v) is 2.55. The zero-order valence-corrected chi connectivity index (χ0v) is 13.9. The molecule has 0 unspecified atom stereocenters. The lowest BCUT2D eigenvalue weighted by atomic mass is 9.89. The SMILES string of the molecule is CNS(=O)(=O)c1ccc(NCC(C)(C)CCOC)c(N)c1. The molecule has 0 heterocycles. The molecule has 0 fully saturated rings. The molecule has 0 amide bonds. The minimum absolute atomic E-state index is 0.0537. The van der Waals surface area contributed by atoms with E-state index in [0.717, 1.165) is 18.7 Å². The highest BCUT2D eigenvalue weighted by Crippen LogP contribution is 2.26. The maximum atomic E-state index is 11.7. The molecule has 0 saturated heterocycles. The number of benzene rings is 1. The van der Waals surface area contributed by atoms with Gasteiger partial charge in [0.2, 0.25) is 10.0 Å². The monoisotopic (exact) mass is 315 g/mol. The van der Waals surface area contributed by atoms with Crippen LogP contribution >= 0.6 is 0 Å². The van der Waals surface area contributed by atoms with Crippen LogP contribution in [0.25, 0.3) is 0 Å². The number of ether oxygens (including phenoxy) is 1. The van der Waals surface area contributed by atoms with Gasteiger partial charge in [-0.25, -0.2) is 13.1 Å². The van der Waals surface area contributed by atoms with E-state index in [-0.39, 0.29) is 10.3 Å². The molecule has 1 rings (SSSR count). The van der Waals surface area contributed by atoms with Gasteiger partial charge in [-0.3, -0.25) is 0 Å². The predicted molar refractivity (Wildman–Crippen MR) is 85.9 cm³/mol. The van der Waals surface area contributed by atoms with Crippen molar-refractivity contribution < 1.29 is 13.2 Å². The molecule has 120 valence electrons. The third-order valence-electron chi connectivity index (χ3n) is 3.34.